The van der Waals surface area contributed by atoms with E-state index in [1.54, 1.807) is 24.3 Å². The van der Waals surface area contributed by atoms with Crippen molar-refractivity contribution in [2.45, 2.75) is 43.6 Å². The Kier molecular flexibility index (Phi) is 6.34. The zero-order valence-corrected chi connectivity index (χ0v) is 16.3. The molecule has 1 aliphatic rings. The number of aromatic nitrogens is 2. The average Bonchev–Trinajstić information content (AvgIpc) is 2.60. The first kappa shape index (κ1) is 19.4. The van der Waals surface area contributed by atoms with E-state index < -0.39 is 10.0 Å². The molecule has 0 spiro atoms. The second-order valence-electron chi connectivity index (χ2n) is 6.28. The molecule has 0 bridgehead atoms. The number of rotatable bonds is 6. The van der Waals surface area contributed by atoms with E-state index in [0.717, 1.165) is 12.8 Å². The summed E-state index contributed by atoms with van der Waals surface area (Å²) in [6.45, 7) is 0. The summed E-state index contributed by atoms with van der Waals surface area (Å²) in [6, 6.07) is 7.03. The molecule has 1 aliphatic carbocycles. The summed E-state index contributed by atoms with van der Waals surface area (Å²) in [5.41, 5.74) is 0.707. The van der Waals surface area contributed by atoms with Gasteiger partial charge in [-0.25, -0.2) is 23.1 Å². The van der Waals surface area contributed by atoms with Crippen molar-refractivity contribution in [2.24, 2.45) is 0 Å². The molecule has 26 heavy (non-hydrogen) atoms. The van der Waals surface area contributed by atoms with E-state index in [2.05, 4.69) is 14.7 Å². The highest BCUT2D eigenvalue weighted by molar-refractivity contribution is 7.88. The van der Waals surface area contributed by atoms with Gasteiger partial charge in [-0.1, -0.05) is 35.3 Å². The van der Waals surface area contributed by atoms with Gasteiger partial charge in [-0.15, -0.1) is 0 Å². The van der Waals surface area contributed by atoms with Gasteiger partial charge >= 0.3 is 6.01 Å². The minimum absolute atomic E-state index is 0.0202. The first-order chi connectivity index (χ1) is 12.4. The number of ether oxygens (including phenoxy) is 1. The summed E-state index contributed by atoms with van der Waals surface area (Å²) in [5, 5.41) is 1.04. The van der Waals surface area contributed by atoms with Gasteiger partial charge < -0.3 is 4.74 Å². The predicted octanol–water partition coefficient (Wildman–Crippen LogP) is 3.59. The van der Waals surface area contributed by atoms with E-state index in [1.807, 2.05) is 0 Å². The van der Waals surface area contributed by atoms with Crippen molar-refractivity contribution in [2.75, 3.05) is 0 Å². The molecule has 0 saturated heterocycles. The van der Waals surface area contributed by atoms with E-state index in [0.29, 0.717) is 34.5 Å². The van der Waals surface area contributed by atoms with Crippen LogP contribution in [0.4, 0.5) is 0 Å². The van der Waals surface area contributed by atoms with Gasteiger partial charge in [0.15, 0.2) is 0 Å². The van der Waals surface area contributed by atoms with E-state index in [-0.39, 0.29) is 17.9 Å². The molecule has 6 nitrogen and oxygen atoms in total. The molecule has 1 fully saturated rings. The third-order valence-electron chi connectivity index (χ3n) is 4.16. The first-order valence-electron chi connectivity index (χ1n) is 8.28. The number of halogens is 2. The van der Waals surface area contributed by atoms with Crippen molar-refractivity contribution >= 4 is 33.2 Å². The van der Waals surface area contributed by atoms with Crippen LogP contribution in [0, 0.1) is 0 Å². The van der Waals surface area contributed by atoms with Gasteiger partial charge in [0.2, 0.25) is 10.0 Å². The predicted molar refractivity (Wildman–Crippen MR) is 101 cm³/mol. The Hall–Kier alpha value is -1.41. The number of hydrogen-bond acceptors (Lipinski definition) is 5. The van der Waals surface area contributed by atoms with Crippen molar-refractivity contribution in [3.63, 3.8) is 0 Å². The zero-order chi connectivity index (χ0) is 18.6. The third-order valence-corrected chi connectivity index (χ3v) is 6.01. The van der Waals surface area contributed by atoms with E-state index in [1.165, 1.54) is 12.4 Å². The molecule has 9 heteroatoms. The van der Waals surface area contributed by atoms with Gasteiger partial charge in [0.05, 0.1) is 23.2 Å². The molecular formula is C17H19Cl2N3O3S. The molecule has 1 aromatic heterocycles. The lowest BCUT2D eigenvalue weighted by Gasteiger charge is -2.28. The topological polar surface area (TPSA) is 81.2 Å². The maximum absolute atomic E-state index is 12.3. The van der Waals surface area contributed by atoms with Gasteiger partial charge in [-0.05, 0) is 43.4 Å². The zero-order valence-electron chi connectivity index (χ0n) is 13.9. The molecule has 3 rings (SSSR count). The summed E-state index contributed by atoms with van der Waals surface area (Å²) in [7, 11) is -3.40. The first-order valence-corrected chi connectivity index (χ1v) is 10.7. The number of nitrogens with one attached hydrogen (secondary N) is 1. The van der Waals surface area contributed by atoms with Gasteiger partial charge in [-0.2, -0.15) is 0 Å². The Morgan fingerprint density at radius 3 is 2.23 bits per heavy atom. The minimum Gasteiger partial charge on any atom is -0.460 e. The van der Waals surface area contributed by atoms with Gasteiger partial charge in [0.1, 0.15) is 6.10 Å². The van der Waals surface area contributed by atoms with Crippen molar-refractivity contribution in [3.8, 4) is 6.01 Å². The van der Waals surface area contributed by atoms with Crippen LogP contribution in [0.2, 0.25) is 10.0 Å². The third kappa shape index (κ3) is 5.81. The van der Waals surface area contributed by atoms with Crippen LogP contribution < -0.4 is 9.46 Å². The molecule has 140 valence electrons. The molecule has 1 saturated carbocycles. The number of hydrogen-bond donors (Lipinski definition) is 1. The summed E-state index contributed by atoms with van der Waals surface area (Å²) < 4.78 is 33.2. The Bertz CT molecular complexity index is 821. The van der Waals surface area contributed by atoms with Crippen molar-refractivity contribution in [1.29, 1.82) is 0 Å². The highest BCUT2D eigenvalue weighted by Crippen LogP contribution is 2.23. The van der Waals surface area contributed by atoms with Crippen LogP contribution in [-0.2, 0) is 15.8 Å². The lowest BCUT2D eigenvalue weighted by Crippen LogP contribution is -2.40. The van der Waals surface area contributed by atoms with Crippen LogP contribution in [0.25, 0.3) is 0 Å². The Balaban J connectivity index is 1.48. The second-order valence-corrected chi connectivity index (χ2v) is 8.91. The summed E-state index contributed by atoms with van der Waals surface area (Å²) in [5.74, 6) is -0.0563. The monoisotopic (exact) mass is 415 g/mol. The molecule has 1 aromatic carbocycles. The van der Waals surface area contributed by atoms with E-state index in [4.69, 9.17) is 27.9 Å². The fourth-order valence-corrected chi connectivity index (χ4v) is 4.59. The molecular weight excluding hydrogens is 397 g/mol. The number of benzene rings is 1. The summed E-state index contributed by atoms with van der Waals surface area (Å²) in [6.07, 6.45) is 5.84. The molecule has 0 aliphatic heterocycles. The molecule has 1 heterocycles. The maximum Gasteiger partial charge on any atom is 0.316 e. The van der Waals surface area contributed by atoms with Gasteiger partial charge in [0, 0.05) is 11.1 Å². The van der Waals surface area contributed by atoms with Gasteiger partial charge in [-0.3, -0.25) is 0 Å². The second kappa shape index (κ2) is 8.52. The molecule has 1 N–H and O–H groups in total. The van der Waals surface area contributed by atoms with Crippen LogP contribution >= 0.6 is 23.2 Å². The normalized spacial score (nSPS) is 20.7. The number of nitrogens with zero attached hydrogens (tertiary/aromatic N) is 2. The highest BCUT2D eigenvalue weighted by Gasteiger charge is 2.26. The Morgan fingerprint density at radius 1 is 1.00 bits per heavy atom. The largest absolute Gasteiger partial charge is 0.460 e. The van der Waals surface area contributed by atoms with Crippen LogP contribution in [0.5, 0.6) is 6.01 Å². The SMILES string of the molecule is O=S(=O)(Cc1ccc(Cl)cc1)NC1CCC(Oc2ncc(Cl)cn2)CC1. The molecule has 0 unspecified atom stereocenters. The van der Waals surface area contributed by atoms with Crippen molar-refractivity contribution in [1.82, 2.24) is 14.7 Å². The fraction of sp³-hybridized carbons (Fsp3) is 0.412. The van der Waals surface area contributed by atoms with E-state index >= 15 is 0 Å². The summed E-state index contributed by atoms with van der Waals surface area (Å²) >= 11 is 11.6. The van der Waals surface area contributed by atoms with Crippen LogP contribution in [0.1, 0.15) is 31.2 Å². The van der Waals surface area contributed by atoms with Crippen LogP contribution in [0.3, 0.4) is 0 Å². The smallest absolute Gasteiger partial charge is 0.316 e. The standard InChI is InChI=1S/C17H19Cl2N3O3S/c18-13-3-1-12(2-4-13)11-26(23,24)22-15-5-7-16(8-6-15)25-17-20-9-14(19)10-21-17/h1-4,9-10,15-16,22H,5-8,11H2. The molecule has 2 aromatic rings. The minimum atomic E-state index is -3.40. The van der Waals surface area contributed by atoms with Crippen LogP contribution in [0.15, 0.2) is 36.7 Å². The number of sulfonamides is 1. The molecule has 0 amide bonds. The molecule has 0 atom stereocenters. The summed E-state index contributed by atoms with van der Waals surface area (Å²) in [4.78, 5) is 8.04. The average molecular weight is 416 g/mol. The highest BCUT2D eigenvalue weighted by atomic mass is 35.5. The quantitative estimate of drug-likeness (QED) is 0.779. The Labute approximate surface area is 163 Å². The Morgan fingerprint density at radius 2 is 1.62 bits per heavy atom. The van der Waals surface area contributed by atoms with Crippen molar-refractivity contribution < 1.29 is 13.2 Å². The fourth-order valence-electron chi connectivity index (χ4n) is 2.90. The lowest BCUT2D eigenvalue weighted by molar-refractivity contribution is 0.132. The van der Waals surface area contributed by atoms with E-state index in [9.17, 15) is 8.42 Å². The molecule has 0 radical (unpaired) electrons. The lowest BCUT2D eigenvalue weighted by atomic mass is 9.94. The van der Waals surface area contributed by atoms with Gasteiger partial charge in [0.25, 0.3) is 0 Å². The van der Waals surface area contributed by atoms with Crippen LogP contribution in [-0.4, -0.2) is 30.5 Å². The maximum atomic E-state index is 12.3. The van der Waals surface area contributed by atoms with Crippen molar-refractivity contribution in [3.05, 3.63) is 52.3 Å².